The van der Waals surface area contributed by atoms with E-state index in [0.717, 1.165) is 17.1 Å². The van der Waals surface area contributed by atoms with E-state index in [1.54, 1.807) is 10.7 Å². The summed E-state index contributed by atoms with van der Waals surface area (Å²) in [5, 5.41) is 7.88. The average molecular weight is 382 g/mol. The van der Waals surface area contributed by atoms with Crippen molar-refractivity contribution in [3.63, 3.8) is 0 Å². The lowest BCUT2D eigenvalue weighted by molar-refractivity contribution is -0.120. The number of likely N-dealkylation sites (N-methyl/N-ethyl adjacent to an activating group) is 1. The van der Waals surface area contributed by atoms with Crippen LogP contribution >= 0.6 is 0 Å². The van der Waals surface area contributed by atoms with Gasteiger partial charge in [0, 0.05) is 7.05 Å². The van der Waals surface area contributed by atoms with E-state index >= 15 is 0 Å². The number of nitrogens with zero attached hydrogens (tertiary/aromatic N) is 4. The summed E-state index contributed by atoms with van der Waals surface area (Å²) in [6.07, 6.45) is 0. The molecule has 0 bridgehead atoms. The van der Waals surface area contributed by atoms with Crippen molar-refractivity contribution in [2.45, 2.75) is 40.3 Å². The number of rotatable bonds is 6. The Kier molecular flexibility index (Phi) is 5.60. The van der Waals surface area contributed by atoms with Gasteiger partial charge in [-0.1, -0.05) is 19.1 Å². The summed E-state index contributed by atoms with van der Waals surface area (Å²) in [4.78, 5) is 34.4. The molecule has 2 heterocycles. The number of hydrogen-bond acceptors (Lipinski definition) is 5. The molecule has 8 nitrogen and oxygen atoms in total. The van der Waals surface area contributed by atoms with Crippen LogP contribution in [0.15, 0.2) is 29.1 Å². The SMILES string of the molecule is CCN(Cc1nc2ccccc2c(=O)[nH]1)C(C)C(=O)Nc1c(C)nn(C)c1C. The monoisotopic (exact) mass is 382 g/mol. The molecule has 3 aromatic rings. The minimum atomic E-state index is -0.402. The molecule has 1 amide bonds. The molecule has 0 spiro atoms. The zero-order valence-corrected chi connectivity index (χ0v) is 16.9. The Labute approximate surface area is 163 Å². The summed E-state index contributed by atoms with van der Waals surface area (Å²) >= 11 is 0. The number of benzene rings is 1. The van der Waals surface area contributed by atoms with E-state index in [4.69, 9.17) is 0 Å². The minimum absolute atomic E-state index is 0.121. The van der Waals surface area contributed by atoms with E-state index in [2.05, 4.69) is 20.4 Å². The summed E-state index contributed by atoms with van der Waals surface area (Å²) in [7, 11) is 1.85. The van der Waals surface area contributed by atoms with Crippen LogP contribution in [-0.2, 0) is 18.4 Å². The van der Waals surface area contributed by atoms with Crippen molar-refractivity contribution in [2.24, 2.45) is 7.05 Å². The Morgan fingerprint density at radius 3 is 2.68 bits per heavy atom. The molecule has 2 aromatic heterocycles. The fourth-order valence-electron chi connectivity index (χ4n) is 3.27. The van der Waals surface area contributed by atoms with Gasteiger partial charge in [0.1, 0.15) is 5.82 Å². The molecule has 0 aliphatic heterocycles. The third-order valence-electron chi connectivity index (χ3n) is 5.11. The molecule has 28 heavy (non-hydrogen) atoms. The topological polar surface area (TPSA) is 95.9 Å². The standard InChI is InChI=1S/C20H26N6O2/c1-6-26(11-17-21-16-10-8-7-9-15(16)20(28)22-17)14(4)19(27)23-18-12(2)24-25(5)13(18)3/h7-10,14H,6,11H2,1-5H3,(H,23,27)(H,21,22,28). The molecular formula is C20H26N6O2. The van der Waals surface area contributed by atoms with Gasteiger partial charge in [0.2, 0.25) is 5.91 Å². The van der Waals surface area contributed by atoms with E-state index in [9.17, 15) is 9.59 Å². The van der Waals surface area contributed by atoms with Gasteiger partial charge in [-0.3, -0.25) is 19.2 Å². The number of carbonyl (C=O) groups excluding carboxylic acids is 1. The van der Waals surface area contributed by atoms with Crippen molar-refractivity contribution in [3.8, 4) is 0 Å². The Balaban J connectivity index is 1.79. The van der Waals surface area contributed by atoms with Gasteiger partial charge in [-0.05, 0) is 39.4 Å². The number of nitrogens with one attached hydrogen (secondary N) is 2. The molecule has 1 unspecified atom stereocenters. The first kappa shape index (κ1) is 19.8. The highest BCUT2D eigenvalue weighted by Gasteiger charge is 2.23. The van der Waals surface area contributed by atoms with E-state index in [0.29, 0.717) is 29.8 Å². The Bertz CT molecular complexity index is 1070. The van der Waals surface area contributed by atoms with Crippen molar-refractivity contribution < 1.29 is 4.79 Å². The van der Waals surface area contributed by atoms with Gasteiger partial charge in [-0.25, -0.2) is 4.98 Å². The summed E-state index contributed by atoms with van der Waals surface area (Å²) in [6.45, 7) is 8.62. The fourth-order valence-corrected chi connectivity index (χ4v) is 3.27. The lowest BCUT2D eigenvalue weighted by Gasteiger charge is -2.26. The van der Waals surface area contributed by atoms with Crippen LogP contribution in [0.4, 0.5) is 5.69 Å². The molecule has 0 saturated carbocycles. The van der Waals surface area contributed by atoms with Gasteiger partial charge in [0.05, 0.1) is 40.6 Å². The number of aromatic nitrogens is 4. The van der Waals surface area contributed by atoms with Crippen LogP contribution in [-0.4, -0.2) is 43.1 Å². The number of hydrogen-bond donors (Lipinski definition) is 2. The minimum Gasteiger partial charge on any atom is -0.322 e. The maximum absolute atomic E-state index is 12.8. The first-order chi connectivity index (χ1) is 13.3. The van der Waals surface area contributed by atoms with Crippen LogP contribution in [0.1, 0.15) is 31.1 Å². The molecular weight excluding hydrogens is 356 g/mol. The third-order valence-corrected chi connectivity index (χ3v) is 5.11. The van der Waals surface area contributed by atoms with Crippen molar-refractivity contribution in [2.75, 3.05) is 11.9 Å². The van der Waals surface area contributed by atoms with Crippen molar-refractivity contribution in [1.29, 1.82) is 0 Å². The molecule has 3 rings (SSSR count). The van der Waals surface area contributed by atoms with Gasteiger partial charge in [-0.15, -0.1) is 0 Å². The zero-order valence-electron chi connectivity index (χ0n) is 16.9. The van der Waals surface area contributed by atoms with E-state index in [-0.39, 0.29) is 11.5 Å². The Morgan fingerprint density at radius 2 is 2.04 bits per heavy atom. The fraction of sp³-hybridized carbons (Fsp3) is 0.400. The number of aryl methyl sites for hydroxylation is 2. The summed E-state index contributed by atoms with van der Waals surface area (Å²) in [5.74, 6) is 0.420. The van der Waals surface area contributed by atoms with Crippen LogP contribution in [0.25, 0.3) is 10.9 Å². The molecule has 1 atom stereocenters. The first-order valence-electron chi connectivity index (χ1n) is 9.34. The molecule has 1 aromatic carbocycles. The maximum atomic E-state index is 12.8. The number of fused-ring (bicyclic) bond motifs is 1. The Hall–Kier alpha value is -3.00. The number of anilines is 1. The number of H-pyrrole nitrogens is 1. The third kappa shape index (κ3) is 3.82. The number of amides is 1. The first-order valence-corrected chi connectivity index (χ1v) is 9.34. The smallest absolute Gasteiger partial charge is 0.258 e. The lowest BCUT2D eigenvalue weighted by Crippen LogP contribution is -2.42. The van der Waals surface area contributed by atoms with Gasteiger partial charge >= 0.3 is 0 Å². The highest BCUT2D eigenvalue weighted by Crippen LogP contribution is 2.19. The molecule has 148 valence electrons. The van der Waals surface area contributed by atoms with E-state index in [1.807, 2.05) is 57.8 Å². The van der Waals surface area contributed by atoms with Gasteiger partial charge in [0.15, 0.2) is 0 Å². The highest BCUT2D eigenvalue weighted by molar-refractivity contribution is 5.95. The predicted octanol–water partition coefficient (Wildman–Crippen LogP) is 2.12. The number of aromatic amines is 1. The van der Waals surface area contributed by atoms with Gasteiger partial charge < -0.3 is 10.3 Å². The summed E-state index contributed by atoms with van der Waals surface area (Å²) in [5.41, 5.74) is 2.91. The zero-order chi connectivity index (χ0) is 20.4. The highest BCUT2D eigenvalue weighted by atomic mass is 16.2. The van der Waals surface area contributed by atoms with Crippen LogP contribution in [0.3, 0.4) is 0 Å². The largest absolute Gasteiger partial charge is 0.322 e. The van der Waals surface area contributed by atoms with Crippen LogP contribution < -0.4 is 10.9 Å². The molecule has 2 N–H and O–H groups in total. The van der Waals surface area contributed by atoms with Crippen molar-refractivity contribution in [1.82, 2.24) is 24.6 Å². The van der Waals surface area contributed by atoms with Gasteiger partial charge in [0.25, 0.3) is 5.56 Å². The average Bonchev–Trinajstić information content (AvgIpc) is 2.91. The Morgan fingerprint density at radius 1 is 1.32 bits per heavy atom. The number of carbonyl (C=O) groups is 1. The van der Waals surface area contributed by atoms with E-state index < -0.39 is 6.04 Å². The predicted molar refractivity (Wildman–Crippen MR) is 109 cm³/mol. The van der Waals surface area contributed by atoms with Crippen LogP contribution in [0.5, 0.6) is 0 Å². The quantitative estimate of drug-likeness (QED) is 0.681. The second-order valence-corrected chi connectivity index (χ2v) is 6.93. The summed E-state index contributed by atoms with van der Waals surface area (Å²) in [6, 6.07) is 6.82. The lowest BCUT2D eigenvalue weighted by atomic mass is 10.2. The second kappa shape index (κ2) is 7.93. The van der Waals surface area contributed by atoms with Gasteiger partial charge in [-0.2, -0.15) is 5.10 Å². The van der Waals surface area contributed by atoms with Crippen LogP contribution in [0.2, 0.25) is 0 Å². The van der Waals surface area contributed by atoms with E-state index in [1.165, 1.54) is 0 Å². The second-order valence-electron chi connectivity index (χ2n) is 6.93. The molecule has 0 aliphatic carbocycles. The maximum Gasteiger partial charge on any atom is 0.258 e. The van der Waals surface area contributed by atoms with Crippen LogP contribution in [0, 0.1) is 13.8 Å². The normalized spacial score (nSPS) is 12.5. The molecule has 8 heteroatoms. The number of para-hydroxylation sites is 1. The summed E-state index contributed by atoms with van der Waals surface area (Å²) < 4.78 is 1.75. The molecule has 0 fully saturated rings. The molecule has 0 aliphatic rings. The molecule has 0 radical (unpaired) electrons. The van der Waals surface area contributed by atoms with Crippen molar-refractivity contribution in [3.05, 3.63) is 51.8 Å². The van der Waals surface area contributed by atoms with Crippen molar-refractivity contribution >= 4 is 22.5 Å². The molecule has 0 saturated heterocycles.